The lowest BCUT2D eigenvalue weighted by Crippen LogP contribution is -2.49. The lowest BCUT2D eigenvalue weighted by atomic mass is 10.0. The van der Waals surface area contributed by atoms with Crippen LogP contribution >= 0.6 is 11.3 Å². The van der Waals surface area contributed by atoms with Gasteiger partial charge in [-0.05, 0) is 23.4 Å². The van der Waals surface area contributed by atoms with Crippen LogP contribution in [0.5, 0.6) is 0 Å². The van der Waals surface area contributed by atoms with Crippen molar-refractivity contribution in [3.8, 4) is 0 Å². The number of rotatable bonds is 5. The first-order valence-electron chi connectivity index (χ1n) is 10.5. The van der Waals surface area contributed by atoms with Gasteiger partial charge in [0.25, 0.3) is 0 Å². The van der Waals surface area contributed by atoms with Gasteiger partial charge in [-0.15, -0.1) is 11.3 Å². The summed E-state index contributed by atoms with van der Waals surface area (Å²) in [6.45, 7) is 5.05. The highest BCUT2D eigenvalue weighted by Gasteiger charge is 2.35. The number of sulfone groups is 1. The molecular weight excluding hydrogens is 418 g/mol. The molecule has 0 bridgehead atoms. The normalized spacial score (nSPS) is 21.8. The molecule has 1 unspecified atom stereocenters. The van der Waals surface area contributed by atoms with Gasteiger partial charge in [0.05, 0.1) is 11.5 Å². The number of carbonyl (C=O) groups excluding carboxylic acids is 1. The first kappa shape index (κ1) is 21.5. The molecule has 1 aromatic heterocycles. The Bertz CT molecular complexity index is 918. The van der Waals surface area contributed by atoms with Crippen molar-refractivity contribution in [3.63, 3.8) is 0 Å². The van der Waals surface area contributed by atoms with Gasteiger partial charge in [-0.3, -0.25) is 14.6 Å². The van der Waals surface area contributed by atoms with Gasteiger partial charge in [-0.1, -0.05) is 36.4 Å². The van der Waals surface area contributed by atoms with E-state index >= 15 is 0 Å². The highest BCUT2D eigenvalue weighted by molar-refractivity contribution is 7.91. The van der Waals surface area contributed by atoms with Gasteiger partial charge in [0, 0.05) is 50.7 Å². The third-order valence-electron chi connectivity index (χ3n) is 5.95. The summed E-state index contributed by atoms with van der Waals surface area (Å²) in [7, 11) is -2.99. The van der Waals surface area contributed by atoms with Gasteiger partial charge in [0.15, 0.2) is 9.84 Å². The summed E-state index contributed by atoms with van der Waals surface area (Å²) in [6, 6.07) is 13.6. The van der Waals surface area contributed by atoms with E-state index in [0.29, 0.717) is 19.6 Å². The molecule has 4 rings (SSSR count). The van der Waals surface area contributed by atoms with Crippen LogP contribution in [0.4, 0.5) is 0 Å². The van der Waals surface area contributed by atoms with Gasteiger partial charge in [0.2, 0.25) is 5.91 Å². The number of benzene rings is 1. The Kier molecular flexibility index (Phi) is 6.87. The van der Waals surface area contributed by atoms with E-state index in [1.807, 2.05) is 40.1 Å². The fraction of sp³-hybridized carbons (Fsp3) is 0.500. The molecule has 0 saturated carbocycles. The van der Waals surface area contributed by atoms with E-state index < -0.39 is 15.9 Å². The summed E-state index contributed by atoms with van der Waals surface area (Å²) in [5.41, 5.74) is 0.946. The zero-order chi connectivity index (χ0) is 21.0. The first-order valence-corrected chi connectivity index (χ1v) is 13.2. The average Bonchev–Trinajstić information content (AvgIpc) is 3.14. The maximum absolute atomic E-state index is 13.7. The summed E-state index contributed by atoms with van der Waals surface area (Å²) in [4.78, 5) is 21.5. The molecule has 2 fully saturated rings. The van der Waals surface area contributed by atoms with Crippen molar-refractivity contribution in [2.45, 2.75) is 19.0 Å². The summed E-state index contributed by atoms with van der Waals surface area (Å²) >= 11 is 1.77. The fourth-order valence-corrected chi connectivity index (χ4v) is 6.25. The van der Waals surface area contributed by atoms with Crippen molar-refractivity contribution in [1.29, 1.82) is 0 Å². The molecule has 1 atom stereocenters. The fourth-order valence-electron chi connectivity index (χ4n) is 4.27. The Labute approximate surface area is 183 Å². The molecule has 2 aliphatic heterocycles. The molecule has 8 heteroatoms. The van der Waals surface area contributed by atoms with E-state index in [-0.39, 0.29) is 17.4 Å². The third kappa shape index (κ3) is 5.29. The molecular formula is C22H29N3O3S2. The zero-order valence-electron chi connectivity index (χ0n) is 17.2. The standard InChI is InChI=1S/C22H29N3O3S2/c26-22(25-10-5-9-23(11-12-25)18-20-8-4-15-29-20)21(19-6-2-1-3-7-19)24-13-16-30(27,28)17-14-24/h1-4,6-8,15,21H,5,9-14,16-18H2. The molecule has 2 aromatic rings. The van der Waals surface area contributed by atoms with Crippen LogP contribution in [0.3, 0.4) is 0 Å². The first-order chi connectivity index (χ1) is 14.5. The molecule has 0 radical (unpaired) electrons. The van der Waals surface area contributed by atoms with E-state index in [2.05, 4.69) is 22.4 Å². The van der Waals surface area contributed by atoms with E-state index in [1.54, 1.807) is 11.3 Å². The summed E-state index contributed by atoms with van der Waals surface area (Å²) in [6.07, 6.45) is 0.951. The summed E-state index contributed by atoms with van der Waals surface area (Å²) in [5.74, 6) is 0.342. The van der Waals surface area contributed by atoms with Crippen molar-refractivity contribution in [2.24, 2.45) is 0 Å². The van der Waals surface area contributed by atoms with E-state index in [4.69, 9.17) is 0 Å². The van der Waals surface area contributed by atoms with Crippen LogP contribution in [0.15, 0.2) is 47.8 Å². The lowest BCUT2D eigenvalue weighted by Gasteiger charge is -2.36. The topological polar surface area (TPSA) is 60.9 Å². The molecule has 30 heavy (non-hydrogen) atoms. The van der Waals surface area contributed by atoms with Crippen LogP contribution in [0, 0.1) is 0 Å². The Morgan fingerprint density at radius 2 is 1.70 bits per heavy atom. The van der Waals surface area contributed by atoms with E-state index in [9.17, 15) is 13.2 Å². The lowest BCUT2D eigenvalue weighted by molar-refractivity contribution is -0.137. The largest absolute Gasteiger partial charge is 0.340 e. The van der Waals surface area contributed by atoms with Crippen molar-refractivity contribution in [1.82, 2.24) is 14.7 Å². The molecule has 3 heterocycles. The summed E-state index contributed by atoms with van der Waals surface area (Å²) in [5, 5.41) is 2.10. The Morgan fingerprint density at radius 3 is 2.40 bits per heavy atom. The van der Waals surface area contributed by atoms with Crippen LogP contribution in [-0.2, 0) is 21.2 Å². The Morgan fingerprint density at radius 1 is 0.933 bits per heavy atom. The maximum Gasteiger partial charge on any atom is 0.244 e. The van der Waals surface area contributed by atoms with Gasteiger partial charge in [-0.25, -0.2) is 8.42 Å². The van der Waals surface area contributed by atoms with Gasteiger partial charge in [-0.2, -0.15) is 0 Å². The monoisotopic (exact) mass is 447 g/mol. The number of carbonyl (C=O) groups is 1. The quantitative estimate of drug-likeness (QED) is 0.704. The van der Waals surface area contributed by atoms with E-state index in [1.165, 1.54) is 4.88 Å². The third-order valence-corrected chi connectivity index (χ3v) is 8.42. The number of hydrogen-bond acceptors (Lipinski definition) is 6. The van der Waals surface area contributed by atoms with Crippen molar-refractivity contribution < 1.29 is 13.2 Å². The minimum Gasteiger partial charge on any atom is -0.340 e. The number of thiophene rings is 1. The second kappa shape index (κ2) is 9.60. The molecule has 0 N–H and O–H groups in total. The highest BCUT2D eigenvalue weighted by atomic mass is 32.2. The highest BCUT2D eigenvalue weighted by Crippen LogP contribution is 2.26. The molecule has 1 amide bonds. The van der Waals surface area contributed by atoms with E-state index in [0.717, 1.165) is 38.2 Å². The second-order valence-electron chi connectivity index (χ2n) is 8.04. The molecule has 0 spiro atoms. The van der Waals surface area contributed by atoms with Gasteiger partial charge >= 0.3 is 0 Å². The maximum atomic E-state index is 13.7. The SMILES string of the molecule is O=C(C(c1ccccc1)N1CCS(=O)(=O)CC1)N1CCCN(Cc2cccs2)CC1. The number of amides is 1. The molecule has 6 nitrogen and oxygen atoms in total. The minimum absolute atomic E-state index is 0.0958. The van der Waals surface area contributed by atoms with Gasteiger partial charge in [0.1, 0.15) is 6.04 Å². The van der Waals surface area contributed by atoms with Crippen LogP contribution in [0.25, 0.3) is 0 Å². The van der Waals surface area contributed by atoms with Crippen LogP contribution in [0.2, 0.25) is 0 Å². The Hall–Kier alpha value is -1.74. The molecule has 162 valence electrons. The van der Waals surface area contributed by atoms with Crippen molar-refractivity contribution in [2.75, 3.05) is 50.8 Å². The van der Waals surface area contributed by atoms with Crippen molar-refractivity contribution >= 4 is 27.1 Å². The van der Waals surface area contributed by atoms with Crippen molar-refractivity contribution in [3.05, 3.63) is 58.3 Å². The molecule has 2 aliphatic rings. The predicted molar refractivity (Wildman–Crippen MR) is 120 cm³/mol. The van der Waals surface area contributed by atoms with Crippen LogP contribution in [0.1, 0.15) is 22.9 Å². The predicted octanol–water partition coefficient (Wildman–Crippen LogP) is 2.25. The Balaban J connectivity index is 1.47. The summed E-state index contributed by atoms with van der Waals surface area (Å²) < 4.78 is 23.8. The van der Waals surface area contributed by atoms with Gasteiger partial charge < -0.3 is 4.90 Å². The zero-order valence-corrected chi connectivity index (χ0v) is 18.8. The second-order valence-corrected chi connectivity index (χ2v) is 11.4. The van der Waals surface area contributed by atoms with Crippen LogP contribution < -0.4 is 0 Å². The smallest absolute Gasteiger partial charge is 0.244 e. The number of hydrogen-bond donors (Lipinski definition) is 0. The molecule has 0 aliphatic carbocycles. The molecule has 1 aromatic carbocycles. The molecule has 2 saturated heterocycles. The number of nitrogens with zero attached hydrogens (tertiary/aromatic N) is 3. The average molecular weight is 448 g/mol. The minimum atomic E-state index is -2.99. The van der Waals surface area contributed by atoms with Crippen LogP contribution in [-0.4, -0.2) is 79.8 Å².